The summed E-state index contributed by atoms with van der Waals surface area (Å²) in [7, 11) is 0. The molecule has 0 saturated carbocycles. The standard InChI is InChI=1S/C14H17BrN4O.ClH/c1-2-16-8-9-17-14(20)13-11(15)12(18-19-13)10-6-4-3-5-7-10;/h3-7,16H,2,8-9H2,1H3,(H,17,20)(H,18,19);1H. The second kappa shape index (κ2) is 8.81. The number of nitrogens with one attached hydrogen (secondary N) is 3. The van der Waals surface area contributed by atoms with E-state index in [9.17, 15) is 4.79 Å². The van der Waals surface area contributed by atoms with Gasteiger partial charge in [-0.3, -0.25) is 9.89 Å². The summed E-state index contributed by atoms with van der Waals surface area (Å²) in [5.41, 5.74) is 2.14. The van der Waals surface area contributed by atoms with E-state index < -0.39 is 0 Å². The van der Waals surface area contributed by atoms with Gasteiger partial charge in [-0.1, -0.05) is 37.3 Å². The van der Waals surface area contributed by atoms with Crippen LogP contribution in [0.3, 0.4) is 0 Å². The van der Waals surface area contributed by atoms with Crippen LogP contribution in [0.2, 0.25) is 0 Å². The van der Waals surface area contributed by atoms with Gasteiger partial charge in [0.05, 0.1) is 4.47 Å². The molecule has 114 valence electrons. The van der Waals surface area contributed by atoms with Crippen LogP contribution < -0.4 is 10.6 Å². The van der Waals surface area contributed by atoms with E-state index in [2.05, 4.69) is 36.8 Å². The van der Waals surface area contributed by atoms with Crippen molar-refractivity contribution in [3.05, 3.63) is 40.5 Å². The van der Waals surface area contributed by atoms with E-state index in [-0.39, 0.29) is 18.3 Å². The average Bonchev–Trinajstić information content (AvgIpc) is 2.86. The van der Waals surface area contributed by atoms with Crippen LogP contribution in [-0.4, -0.2) is 35.7 Å². The number of aromatic nitrogens is 2. The number of nitrogens with zero attached hydrogens (tertiary/aromatic N) is 1. The predicted octanol–water partition coefficient (Wildman–Crippen LogP) is 2.60. The van der Waals surface area contributed by atoms with Gasteiger partial charge < -0.3 is 10.6 Å². The van der Waals surface area contributed by atoms with Crippen molar-refractivity contribution in [2.45, 2.75) is 6.92 Å². The third kappa shape index (κ3) is 4.56. The maximum absolute atomic E-state index is 12.0. The number of benzene rings is 1. The first-order valence-corrected chi connectivity index (χ1v) is 7.31. The molecule has 1 heterocycles. The van der Waals surface area contributed by atoms with Crippen LogP contribution in [0.4, 0.5) is 0 Å². The van der Waals surface area contributed by atoms with Crippen LogP contribution in [0, 0.1) is 0 Å². The fraction of sp³-hybridized carbons (Fsp3) is 0.286. The van der Waals surface area contributed by atoms with Gasteiger partial charge in [0.2, 0.25) is 0 Å². The zero-order chi connectivity index (χ0) is 14.4. The molecule has 3 N–H and O–H groups in total. The Kier molecular flexibility index (Phi) is 7.42. The lowest BCUT2D eigenvalue weighted by atomic mass is 10.1. The summed E-state index contributed by atoms with van der Waals surface area (Å²) in [6.07, 6.45) is 0. The van der Waals surface area contributed by atoms with Crippen LogP contribution >= 0.6 is 28.3 Å². The van der Waals surface area contributed by atoms with Crippen molar-refractivity contribution in [3.8, 4) is 11.3 Å². The highest BCUT2D eigenvalue weighted by Gasteiger charge is 2.17. The quantitative estimate of drug-likeness (QED) is 0.682. The Hall–Kier alpha value is -1.37. The molecule has 0 unspecified atom stereocenters. The smallest absolute Gasteiger partial charge is 0.270 e. The normalized spacial score (nSPS) is 10.0. The molecule has 0 fully saturated rings. The van der Waals surface area contributed by atoms with Crippen LogP contribution in [0.25, 0.3) is 11.3 Å². The number of H-pyrrole nitrogens is 1. The molecule has 0 aliphatic heterocycles. The first-order valence-electron chi connectivity index (χ1n) is 6.52. The first kappa shape index (κ1) is 17.7. The Morgan fingerprint density at radius 3 is 2.67 bits per heavy atom. The molecule has 0 aliphatic carbocycles. The Labute approximate surface area is 138 Å². The molecule has 21 heavy (non-hydrogen) atoms. The van der Waals surface area contributed by atoms with Crippen molar-refractivity contribution in [1.29, 1.82) is 0 Å². The molecule has 5 nitrogen and oxygen atoms in total. The molecule has 0 spiro atoms. The Bertz CT molecular complexity index is 574. The topological polar surface area (TPSA) is 69.8 Å². The number of amides is 1. The Morgan fingerprint density at radius 1 is 1.29 bits per heavy atom. The zero-order valence-corrected chi connectivity index (χ0v) is 14.1. The van der Waals surface area contributed by atoms with Crippen LogP contribution in [-0.2, 0) is 0 Å². The minimum Gasteiger partial charge on any atom is -0.349 e. The lowest BCUT2D eigenvalue weighted by molar-refractivity contribution is 0.0948. The molecule has 0 aliphatic rings. The number of rotatable bonds is 6. The van der Waals surface area contributed by atoms with E-state index >= 15 is 0 Å². The molecule has 7 heteroatoms. The van der Waals surface area contributed by atoms with Gasteiger partial charge >= 0.3 is 0 Å². The Balaban J connectivity index is 0.00000220. The number of aromatic amines is 1. The lowest BCUT2D eigenvalue weighted by Gasteiger charge is -2.04. The van der Waals surface area contributed by atoms with Gasteiger partial charge in [0.1, 0.15) is 11.4 Å². The van der Waals surface area contributed by atoms with Gasteiger partial charge in [0.15, 0.2) is 0 Å². The first-order chi connectivity index (χ1) is 9.74. The van der Waals surface area contributed by atoms with Crippen molar-refractivity contribution >= 4 is 34.2 Å². The van der Waals surface area contributed by atoms with Crippen LogP contribution in [0.15, 0.2) is 34.8 Å². The van der Waals surface area contributed by atoms with Crippen molar-refractivity contribution in [2.24, 2.45) is 0 Å². The van der Waals surface area contributed by atoms with Crippen LogP contribution in [0.1, 0.15) is 17.4 Å². The molecular formula is C14H18BrClN4O. The highest BCUT2D eigenvalue weighted by molar-refractivity contribution is 9.10. The van der Waals surface area contributed by atoms with Gasteiger partial charge in [-0.2, -0.15) is 5.10 Å². The Morgan fingerprint density at radius 2 is 2.00 bits per heavy atom. The van der Waals surface area contributed by atoms with Crippen molar-refractivity contribution in [1.82, 2.24) is 20.8 Å². The molecule has 0 atom stereocenters. The van der Waals surface area contributed by atoms with Gasteiger partial charge in [0.25, 0.3) is 5.91 Å². The molecule has 1 aromatic carbocycles. The number of carbonyl (C=O) groups excluding carboxylic acids is 1. The number of hydrogen-bond donors (Lipinski definition) is 3. The summed E-state index contributed by atoms with van der Waals surface area (Å²) in [5, 5.41) is 13.0. The summed E-state index contributed by atoms with van der Waals surface area (Å²) in [4.78, 5) is 12.0. The maximum atomic E-state index is 12.0. The number of likely N-dealkylation sites (N-methyl/N-ethyl adjacent to an activating group) is 1. The van der Waals surface area contributed by atoms with E-state index in [0.717, 1.165) is 24.3 Å². The maximum Gasteiger partial charge on any atom is 0.270 e. The molecule has 1 amide bonds. The summed E-state index contributed by atoms with van der Waals surface area (Å²) in [5.74, 6) is -0.163. The fourth-order valence-electron chi connectivity index (χ4n) is 1.80. The van der Waals surface area contributed by atoms with Gasteiger partial charge in [-0.15, -0.1) is 12.4 Å². The molecule has 0 radical (unpaired) electrons. The van der Waals surface area contributed by atoms with Crippen LogP contribution in [0.5, 0.6) is 0 Å². The highest BCUT2D eigenvalue weighted by Crippen LogP contribution is 2.28. The van der Waals surface area contributed by atoms with Crippen molar-refractivity contribution in [3.63, 3.8) is 0 Å². The molecule has 2 rings (SSSR count). The van der Waals surface area contributed by atoms with Crippen molar-refractivity contribution in [2.75, 3.05) is 19.6 Å². The SMILES string of the molecule is CCNCCNC(=O)c1[nH]nc(-c2ccccc2)c1Br.Cl. The second-order valence-electron chi connectivity index (χ2n) is 4.24. The summed E-state index contributed by atoms with van der Waals surface area (Å²) in [6, 6.07) is 9.72. The molecule has 1 aromatic heterocycles. The third-order valence-corrected chi connectivity index (χ3v) is 3.59. The van der Waals surface area contributed by atoms with Gasteiger partial charge in [-0.05, 0) is 22.5 Å². The van der Waals surface area contributed by atoms with E-state index in [1.54, 1.807) is 0 Å². The third-order valence-electron chi connectivity index (χ3n) is 2.82. The van der Waals surface area contributed by atoms with E-state index in [0.29, 0.717) is 16.7 Å². The average molecular weight is 374 g/mol. The minimum absolute atomic E-state index is 0. The monoisotopic (exact) mass is 372 g/mol. The minimum atomic E-state index is -0.163. The zero-order valence-electron chi connectivity index (χ0n) is 11.6. The number of hydrogen-bond acceptors (Lipinski definition) is 3. The van der Waals surface area contributed by atoms with Gasteiger partial charge in [0, 0.05) is 18.7 Å². The predicted molar refractivity (Wildman–Crippen MR) is 89.8 cm³/mol. The number of carbonyl (C=O) groups is 1. The van der Waals surface area contributed by atoms with Gasteiger partial charge in [-0.25, -0.2) is 0 Å². The second-order valence-corrected chi connectivity index (χ2v) is 5.03. The highest BCUT2D eigenvalue weighted by atomic mass is 79.9. The fourth-order valence-corrected chi connectivity index (χ4v) is 2.38. The molecule has 0 saturated heterocycles. The summed E-state index contributed by atoms with van der Waals surface area (Å²) in [6.45, 7) is 4.25. The van der Waals surface area contributed by atoms with E-state index in [4.69, 9.17) is 0 Å². The molecular weight excluding hydrogens is 356 g/mol. The molecule has 2 aromatic rings. The van der Waals surface area contributed by atoms with E-state index in [1.165, 1.54) is 0 Å². The summed E-state index contributed by atoms with van der Waals surface area (Å²) < 4.78 is 0.685. The molecule has 0 bridgehead atoms. The lowest BCUT2D eigenvalue weighted by Crippen LogP contribution is -2.32. The summed E-state index contributed by atoms with van der Waals surface area (Å²) >= 11 is 3.44. The largest absolute Gasteiger partial charge is 0.349 e. The van der Waals surface area contributed by atoms with Crippen molar-refractivity contribution < 1.29 is 4.79 Å². The number of halogens is 2. The van der Waals surface area contributed by atoms with E-state index in [1.807, 2.05) is 37.3 Å².